The molecule has 18 heteroatoms. The topological polar surface area (TPSA) is 196 Å². The van der Waals surface area contributed by atoms with Crippen LogP contribution in [0.2, 0.25) is 0 Å². The summed E-state index contributed by atoms with van der Waals surface area (Å²) in [6.07, 6.45) is -0.786. The Bertz CT molecular complexity index is 3660. The summed E-state index contributed by atoms with van der Waals surface area (Å²) >= 11 is 0. The van der Waals surface area contributed by atoms with E-state index in [1.165, 1.54) is 15.4 Å². The van der Waals surface area contributed by atoms with Crippen molar-refractivity contribution in [3.8, 4) is 23.7 Å². The number of fused-ring (bicyclic) bond motifs is 4. The van der Waals surface area contributed by atoms with Crippen LogP contribution in [0.5, 0.6) is 0 Å². The number of carbonyl (C=O) groups is 5. The second-order valence-corrected chi connectivity index (χ2v) is 23.3. The largest absolute Gasteiger partial charge is 0.343 e. The van der Waals surface area contributed by atoms with Gasteiger partial charge in [-0.05, 0) is 117 Å². The van der Waals surface area contributed by atoms with Crippen LogP contribution in [0.15, 0.2) is 163 Å². The van der Waals surface area contributed by atoms with Crippen molar-refractivity contribution in [3.05, 3.63) is 224 Å². The maximum atomic E-state index is 13.4. The first-order valence-corrected chi connectivity index (χ1v) is 28.8. The number of aldehydes is 1. The summed E-state index contributed by atoms with van der Waals surface area (Å²) < 4.78 is 24.4. The van der Waals surface area contributed by atoms with Gasteiger partial charge in [-0.2, -0.15) is 0 Å². The molecule has 7 heterocycles. The molecule has 0 unspecified atom stereocenters. The lowest BCUT2D eigenvalue weighted by Gasteiger charge is -2.58. The molecule has 5 fully saturated rings. The molecular formula is C68H65ClN8O9. The number of azide groups is 1. The third kappa shape index (κ3) is 12.0. The van der Waals surface area contributed by atoms with Gasteiger partial charge in [0.2, 0.25) is 0 Å². The van der Waals surface area contributed by atoms with Crippen LogP contribution in [0.1, 0.15) is 114 Å². The van der Waals surface area contributed by atoms with Gasteiger partial charge in [0, 0.05) is 109 Å². The Kier molecular flexibility index (Phi) is 17.3. The average Bonchev–Trinajstić information content (AvgIpc) is 1.21. The van der Waals surface area contributed by atoms with Crippen molar-refractivity contribution in [1.82, 2.24) is 24.9 Å². The SMILES string of the molecule is CC1(C)O[C@@H](CN2[C@H](CN3C(=O)c4ccccc4C3=O)[C@H](c3ccc(C#Cc4ccccc4)cc3)[C@@H]2CN=[N+]=[N-])[C@@H](C=O)O1.CC1(C)O[C@H]2CN3[C@H](CN4C(=O)c5ccccc5C4=O)[C@H](c4ccc(C#Cc5ccccc5)cc4)[C@@H]3CNC[C@H]2O1.Cl. The van der Waals surface area contributed by atoms with Crippen LogP contribution in [-0.2, 0) is 23.7 Å². The molecular weight excluding hydrogens is 1110 g/mol. The Morgan fingerprint density at radius 1 is 0.547 bits per heavy atom. The van der Waals surface area contributed by atoms with Gasteiger partial charge in [-0.3, -0.25) is 38.8 Å². The second kappa shape index (κ2) is 25.0. The molecule has 1 N–H and O–H groups in total. The molecule has 5 saturated heterocycles. The quantitative estimate of drug-likeness (QED) is 0.0325. The van der Waals surface area contributed by atoms with Gasteiger partial charge >= 0.3 is 0 Å². The van der Waals surface area contributed by atoms with Gasteiger partial charge in [-0.15, -0.1) is 12.4 Å². The summed E-state index contributed by atoms with van der Waals surface area (Å²) in [7, 11) is 0. The second-order valence-electron chi connectivity index (χ2n) is 23.3. The first kappa shape index (κ1) is 59.4. The van der Waals surface area contributed by atoms with E-state index in [0.717, 1.165) is 47.2 Å². The Morgan fingerprint density at radius 3 is 1.48 bits per heavy atom. The number of amides is 4. The number of likely N-dealkylation sites (tertiary alicyclic amines) is 1. The van der Waals surface area contributed by atoms with Crippen LogP contribution in [0, 0.1) is 23.7 Å². The highest BCUT2D eigenvalue weighted by atomic mass is 35.5. The fraction of sp³-hybridized carbons (Fsp3) is 0.338. The molecule has 0 saturated carbocycles. The average molecular weight is 1170 g/mol. The van der Waals surface area contributed by atoms with Gasteiger partial charge in [-0.25, -0.2) is 0 Å². The fourth-order valence-corrected chi connectivity index (χ4v) is 13.3. The van der Waals surface area contributed by atoms with E-state index in [0.29, 0.717) is 35.3 Å². The monoisotopic (exact) mass is 1170 g/mol. The number of benzene rings is 6. The van der Waals surface area contributed by atoms with Crippen LogP contribution < -0.4 is 5.32 Å². The standard InChI is InChI=1S/C34H31N5O5.C34H33N3O4.ClH/c1-34(2)43-29(30(21-40)44-34)20-38-27(18-36-37-35)31(24-16-14-23(15-17-24)13-12-22-8-4-3-5-9-22)28(38)19-39-32(41)25-10-6-7-11-26(25)33(39)42;1-34(2)40-29-19-35-18-27-31(24-16-14-23(15-17-24)13-12-22-8-4-3-5-9-22)28(36(27)21-30(29)41-34)20-37-32(38)25-10-6-7-11-26(25)33(37)39;/h3-11,14-17,21,27-31H,18-20H2,1-2H3;3-11,14-17,27-31,35H,18-21H2,1-2H3;1H/t27-,28+,29-,30+,31+;27-,28+,29+,30-,31+;/m00./s1. The van der Waals surface area contributed by atoms with Crippen LogP contribution in [0.3, 0.4) is 0 Å². The normalized spacial score (nSPS) is 26.6. The minimum atomic E-state index is -0.949. The van der Waals surface area contributed by atoms with Crippen molar-refractivity contribution >= 4 is 42.3 Å². The van der Waals surface area contributed by atoms with E-state index in [9.17, 15) is 29.5 Å². The maximum absolute atomic E-state index is 13.4. The number of nitrogens with zero attached hydrogens (tertiary/aromatic N) is 7. The smallest absolute Gasteiger partial charge is 0.261 e. The third-order valence-corrected chi connectivity index (χ3v) is 17.2. The molecule has 4 amide bonds. The van der Waals surface area contributed by atoms with Crippen molar-refractivity contribution < 1.29 is 42.9 Å². The lowest BCUT2D eigenvalue weighted by atomic mass is 9.73. The number of carbonyl (C=O) groups excluding carboxylic acids is 5. The van der Waals surface area contributed by atoms with Gasteiger partial charge in [0.15, 0.2) is 17.9 Å². The minimum Gasteiger partial charge on any atom is -0.343 e. The summed E-state index contributed by atoms with van der Waals surface area (Å²) in [6, 6.07) is 49.4. The summed E-state index contributed by atoms with van der Waals surface area (Å²) in [5, 5.41) is 7.51. The Hall–Kier alpha value is -8.29. The maximum Gasteiger partial charge on any atom is 0.261 e. The summed E-state index contributed by atoms with van der Waals surface area (Å²) in [6.45, 7) is 10.5. The van der Waals surface area contributed by atoms with Crippen molar-refractivity contribution in [2.75, 3.05) is 45.8 Å². The zero-order chi connectivity index (χ0) is 59.0. The molecule has 6 aromatic rings. The van der Waals surface area contributed by atoms with Gasteiger partial charge in [0.05, 0.1) is 22.3 Å². The van der Waals surface area contributed by atoms with E-state index >= 15 is 0 Å². The highest BCUT2D eigenvalue weighted by Gasteiger charge is 2.56. The van der Waals surface area contributed by atoms with Gasteiger partial charge in [-0.1, -0.05) is 114 Å². The van der Waals surface area contributed by atoms with Gasteiger partial charge in [0.1, 0.15) is 24.4 Å². The third-order valence-electron chi connectivity index (χ3n) is 17.2. The molecule has 13 rings (SSSR count). The Balaban J connectivity index is 0.000000177. The molecule has 10 atom stereocenters. The van der Waals surface area contributed by atoms with Crippen LogP contribution >= 0.6 is 12.4 Å². The van der Waals surface area contributed by atoms with Crippen molar-refractivity contribution in [2.24, 2.45) is 5.11 Å². The predicted octanol–water partition coefficient (Wildman–Crippen LogP) is 8.61. The van der Waals surface area contributed by atoms with Crippen molar-refractivity contribution in [2.45, 2.75) is 99.7 Å². The number of rotatable bonds is 11. The minimum absolute atomic E-state index is 0. The lowest BCUT2D eigenvalue weighted by molar-refractivity contribution is -0.154. The van der Waals surface area contributed by atoms with E-state index in [1.54, 1.807) is 62.4 Å². The number of hydrogen-bond donors (Lipinski definition) is 1. The summed E-state index contributed by atoms with van der Waals surface area (Å²) in [5.74, 6) is 10.1. The number of ether oxygens (including phenoxy) is 4. The van der Waals surface area contributed by atoms with E-state index in [-0.39, 0.29) is 104 Å². The van der Waals surface area contributed by atoms with Crippen LogP contribution in [0.25, 0.3) is 10.4 Å². The van der Waals surface area contributed by atoms with E-state index in [1.807, 2.05) is 98.8 Å². The van der Waals surface area contributed by atoms with Crippen molar-refractivity contribution in [1.29, 1.82) is 0 Å². The molecule has 86 heavy (non-hydrogen) atoms. The first-order chi connectivity index (χ1) is 41.2. The molecule has 0 bridgehead atoms. The summed E-state index contributed by atoms with van der Waals surface area (Å²) in [4.78, 5) is 75.4. The van der Waals surface area contributed by atoms with Crippen LogP contribution in [-0.4, -0.2) is 155 Å². The van der Waals surface area contributed by atoms with Crippen molar-refractivity contribution in [3.63, 3.8) is 0 Å². The number of halogens is 1. The zero-order valence-electron chi connectivity index (χ0n) is 48.0. The molecule has 6 aromatic carbocycles. The molecule has 0 aliphatic carbocycles. The molecule has 0 aromatic heterocycles. The van der Waals surface area contributed by atoms with Gasteiger partial charge in [0.25, 0.3) is 23.6 Å². The fourth-order valence-electron chi connectivity index (χ4n) is 13.3. The van der Waals surface area contributed by atoms with Gasteiger partial charge < -0.3 is 29.1 Å². The molecule has 17 nitrogen and oxygen atoms in total. The lowest BCUT2D eigenvalue weighted by Crippen LogP contribution is -2.71. The number of imide groups is 2. The molecule has 7 aliphatic heterocycles. The van der Waals surface area contributed by atoms with E-state index in [4.69, 9.17) is 18.9 Å². The Labute approximate surface area is 505 Å². The molecule has 0 spiro atoms. The summed E-state index contributed by atoms with van der Waals surface area (Å²) in [5.41, 5.74) is 16.7. The Morgan fingerprint density at radius 2 is 0.988 bits per heavy atom. The molecule has 7 aliphatic rings. The van der Waals surface area contributed by atoms with E-state index in [2.05, 4.69) is 73.1 Å². The van der Waals surface area contributed by atoms with Crippen LogP contribution in [0.4, 0.5) is 0 Å². The highest BCUT2D eigenvalue weighted by molar-refractivity contribution is 6.22. The molecule has 0 radical (unpaired) electrons. The number of nitrogens with one attached hydrogen (secondary N) is 1. The number of hydrogen-bond acceptors (Lipinski definition) is 13. The van der Waals surface area contributed by atoms with E-state index < -0.39 is 23.8 Å². The molecule has 438 valence electrons. The highest BCUT2D eigenvalue weighted by Crippen LogP contribution is 2.46. The zero-order valence-corrected chi connectivity index (χ0v) is 48.8. The first-order valence-electron chi connectivity index (χ1n) is 28.8. The predicted molar refractivity (Wildman–Crippen MR) is 323 cm³/mol.